The van der Waals surface area contributed by atoms with Crippen LogP contribution >= 0.6 is 15.9 Å². The highest BCUT2D eigenvalue weighted by Gasteiger charge is 2.36. The Morgan fingerprint density at radius 3 is 2.28 bits per heavy atom. The van der Waals surface area contributed by atoms with Gasteiger partial charge in [-0.15, -0.1) is 0 Å². The largest absolute Gasteiger partial charge is 0.478 e. The third kappa shape index (κ3) is 3.54. The highest BCUT2D eigenvalue weighted by Crippen LogP contribution is 2.46. The van der Waals surface area contributed by atoms with E-state index in [1.807, 2.05) is 6.07 Å². The molecule has 0 fully saturated rings. The maximum absolute atomic E-state index is 12.9. The number of carbonyl (C=O) groups excluding carboxylic acids is 1. The first-order chi connectivity index (χ1) is 11.7. The van der Waals surface area contributed by atoms with Crippen LogP contribution in [0.2, 0.25) is 0 Å². The molecule has 1 aliphatic rings. The van der Waals surface area contributed by atoms with Gasteiger partial charge in [0.2, 0.25) is 0 Å². The smallest absolute Gasteiger partial charge is 0.335 e. The molecule has 2 aromatic rings. The SMILES string of the molecule is CC(C)(C)OC(=O)C1c2cc(Br)ccc2Oc2ccc(C(=O)O)cc21. The molecule has 25 heavy (non-hydrogen) atoms. The lowest BCUT2D eigenvalue weighted by Gasteiger charge is -2.30. The summed E-state index contributed by atoms with van der Waals surface area (Å²) >= 11 is 3.40. The van der Waals surface area contributed by atoms with E-state index < -0.39 is 23.5 Å². The van der Waals surface area contributed by atoms with Gasteiger partial charge in [-0.3, -0.25) is 4.79 Å². The molecule has 6 heteroatoms. The van der Waals surface area contributed by atoms with Crippen LogP contribution in [0, 0.1) is 0 Å². The second kappa shape index (κ2) is 6.19. The van der Waals surface area contributed by atoms with Crippen molar-refractivity contribution in [2.45, 2.75) is 32.3 Å². The standard InChI is InChI=1S/C19H17BrO5/c1-19(2,3)25-18(23)16-12-8-10(17(21)22)4-6-14(12)24-15-7-5-11(20)9-13(15)16/h4-9,16H,1-3H3,(H,21,22). The summed E-state index contributed by atoms with van der Waals surface area (Å²) in [6.07, 6.45) is 0. The zero-order valence-electron chi connectivity index (χ0n) is 14.0. The maximum atomic E-state index is 12.9. The molecule has 0 bridgehead atoms. The predicted molar refractivity (Wildman–Crippen MR) is 95.3 cm³/mol. The van der Waals surface area contributed by atoms with Crippen LogP contribution in [-0.4, -0.2) is 22.6 Å². The number of halogens is 1. The summed E-state index contributed by atoms with van der Waals surface area (Å²) in [5, 5.41) is 9.27. The minimum atomic E-state index is -1.06. The van der Waals surface area contributed by atoms with Crippen molar-refractivity contribution in [2.75, 3.05) is 0 Å². The fourth-order valence-electron chi connectivity index (χ4n) is 2.74. The first kappa shape index (κ1) is 17.5. The summed E-state index contributed by atoms with van der Waals surface area (Å²) in [5.74, 6) is -1.26. The van der Waals surface area contributed by atoms with Crippen LogP contribution in [0.4, 0.5) is 0 Å². The van der Waals surface area contributed by atoms with Gasteiger partial charge in [-0.05, 0) is 57.2 Å². The Bertz CT molecular complexity index is 867. The Kier molecular flexibility index (Phi) is 4.33. The van der Waals surface area contributed by atoms with Crippen molar-refractivity contribution in [3.63, 3.8) is 0 Å². The van der Waals surface area contributed by atoms with Crippen LogP contribution in [0.25, 0.3) is 0 Å². The summed E-state index contributed by atoms with van der Waals surface area (Å²) < 4.78 is 12.2. The lowest BCUT2D eigenvalue weighted by Crippen LogP contribution is -2.29. The molecule has 130 valence electrons. The van der Waals surface area contributed by atoms with Crippen LogP contribution in [-0.2, 0) is 9.53 Å². The minimum absolute atomic E-state index is 0.0920. The molecule has 1 unspecified atom stereocenters. The average Bonchev–Trinajstić information content (AvgIpc) is 2.50. The second-order valence-corrected chi connectivity index (χ2v) is 7.72. The lowest BCUT2D eigenvalue weighted by atomic mass is 9.87. The van der Waals surface area contributed by atoms with Crippen LogP contribution < -0.4 is 4.74 Å². The Labute approximate surface area is 153 Å². The summed E-state index contributed by atoms with van der Waals surface area (Å²) in [6.45, 7) is 5.38. The number of carboxylic acid groups (broad SMARTS) is 1. The number of benzene rings is 2. The van der Waals surface area contributed by atoms with Crippen molar-refractivity contribution in [1.82, 2.24) is 0 Å². The highest BCUT2D eigenvalue weighted by atomic mass is 79.9. The first-order valence-electron chi connectivity index (χ1n) is 7.73. The molecule has 1 N–H and O–H groups in total. The second-order valence-electron chi connectivity index (χ2n) is 6.81. The number of carbonyl (C=O) groups is 2. The van der Waals surface area contributed by atoms with Crippen molar-refractivity contribution in [3.05, 3.63) is 57.6 Å². The third-order valence-electron chi connectivity index (χ3n) is 3.71. The van der Waals surface area contributed by atoms with E-state index in [1.54, 1.807) is 39.0 Å². The molecule has 0 aromatic heterocycles. The number of hydrogen-bond acceptors (Lipinski definition) is 4. The van der Waals surface area contributed by atoms with Crippen molar-refractivity contribution >= 4 is 27.9 Å². The molecule has 0 spiro atoms. The molecule has 0 saturated carbocycles. The van der Waals surface area contributed by atoms with Gasteiger partial charge < -0.3 is 14.6 Å². The average molecular weight is 405 g/mol. The van der Waals surface area contributed by atoms with Gasteiger partial charge >= 0.3 is 11.9 Å². The van der Waals surface area contributed by atoms with E-state index in [4.69, 9.17) is 9.47 Å². The number of fused-ring (bicyclic) bond motifs is 2. The molecule has 1 aliphatic heterocycles. The topological polar surface area (TPSA) is 72.8 Å². The molecule has 0 aliphatic carbocycles. The molecular weight excluding hydrogens is 388 g/mol. The lowest BCUT2D eigenvalue weighted by molar-refractivity contribution is -0.155. The van der Waals surface area contributed by atoms with Gasteiger partial charge in [0.1, 0.15) is 23.0 Å². The van der Waals surface area contributed by atoms with E-state index in [-0.39, 0.29) is 5.56 Å². The number of aromatic carboxylic acids is 1. The Balaban J connectivity index is 2.17. The van der Waals surface area contributed by atoms with E-state index >= 15 is 0 Å². The summed E-state index contributed by atoms with van der Waals surface area (Å²) in [5.41, 5.74) is 0.555. The molecule has 2 aromatic carbocycles. The predicted octanol–water partition coefficient (Wildman–Crippen LogP) is 4.73. The van der Waals surface area contributed by atoms with Gasteiger partial charge in [-0.1, -0.05) is 15.9 Å². The van der Waals surface area contributed by atoms with Crippen LogP contribution in [0.15, 0.2) is 40.9 Å². The van der Waals surface area contributed by atoms with Crippen molar-refractivity contribution in [1.29, 1.82) is 0 Å². The van der Waals surface area contributed by atoms with E-state index in [0.717, 1.165) is 4.47 Å². The monoisotopic (exact) mass is 404 g/mol. The number of esters is 1. The van der Waals surface area contributed by atoms with Gasteiger partial charge in [-0.25, -0.2) is 4.79 Å². The van der Waals surface area contributed by atoms with Crippen LogP contribution in [0.1, 0.15) is 48.2 Å². The molecule has 5 nitrogen and oxygen atoms in total. The molecule has 0 saturated heterocycles. The van der Waals surface area contributed by atoms with E-state index in [9.17, 15) is 14.7 Å². The Morgan fingerprint density at radius 1 is 1.08 bits per heavy atom. The fourth-order valence-corrected chi connectivity index (χ4v) is 3.12. The van der Waals surface area contributed by atoms with Gasteiger partial charge in [0.05, 0.1) is 5.56 Å². The summed E-state index contributed by atoms with van der Waals surface area (Å²) in [6, 6.07) is 9.88. The number of carboxylic acids is 1. The number of ether oxygens (including phenoxy) is 2. The van der Waals surface area contributed by atoms with Gasteiger partial charge in [-0.2, -0.15) is 0 Å². The van der Waals surface area contributed by atoms with Gasteiger partial charge in [0.15, 0.2) is 0 Å². The Morgan fingerprint density at radius 2 is 1.68 bits per heavy atom. The number of rotatable bonds is 2. The van der Waals surface area contributed by atoms with Crippen LogP contribution in [0.5, 0.6) is 11.5 Å². The Hall–Kier alpha value is -2.34. The number of hydrogen-bond donors (Lipinski definition) is 1. The first-order valence-corrected chi connectivity index (χ1v) is 8.52. The molecule has 1 atom stereocenters. The normalized spacial score (nSPS) is 15.6. The van der Waals surface area contributed by atoms with E-state index in [2.05, 4.69) is 15.9 Å². The third-order valence-corrected chi connectivity index (χ3v) is 4.21. The minimum Gasteiger partial charge on any atom is -0.478 e. The van der Waals surface area contributed by atoms with Gasteiger partial charge in [0.25, 0.3) is 0 Å². The van der Waals surface area contributed by atoms with E-state index in [1.165, 1.54) is 12.1 Å². The summed E-state index contributed by atoms with van der Waals surface area (Å²) in [4.78, 5) is 24.2. The zero-order chi connectivity index (χ0) is 18.4. The van der Waals surface area contributed by atoms with Crippen molar-refractivity contribution < 1.29 is 24.2 Å². The van der Waals surface area contributed by atoms with Gasteiger partial charge in [0, 0.05) is 15.6 Å². The molecule has 0 radical (unpaired) electrons. The molecule has 3 rings (SSSR count). The molecule has 0 amide bonds. The van der Waals surface area contributed by atoms with Crippen LogP contribution in [0.3, 0.4) is 0 Å². The van der Waals surface area contributed by atoms with Crippen molar-refractivity contribution in [3.8, 4) is 11.5 Å². The summed E-state index contributed by atoms with van der Waals surface area (Å²) in [7, 11) is 0. The molecule has 1 heterocycles. The quantitative estimate of drug-likeness (QED) is 0.732. The highest BCUT2D eigenvalue weighted by molar-refractivity contribution is 9.10. The fraction of sp³-hybridized carbons (Fsp3) is 0.263. The maximum Gasteiger partial charge on any atom is 0.335 e. The van der Waals surface area contributed by atoms with E-state index in [0.29, 0.717) is 22.6 Å². The molecular formula is C19H17BrO5. The zero-order valence-corrected chi connectivity index (χ0v) is 15.6. The van der Waals surface area contributed by atoms with Crippen molar-refractivity contribution in [2.24, 2.45) is 0 Å².